The van der Waals surface area contributed by atoms with E-state index in [0.717, 1.165) is 26.1 Å². The minimum atomic E-state index is -0.601. The summed E-state index contributed by atoms with van der Waals surface area (Å²) in [7, 11) is 0. The fourth-order valence-corrected chi connectivity index (χ4v) is 2.53. The Morgan fingerprint density at radius 3 is 2.90 bits per heavy atom. The Morgan fingerprint density at radius 1 is 1.52 bits per heavy atom. The molecule has 21 heavy (non-hydrogen) atoms. The number of anilines is 1. The molecule has 2 heterocycles. The van der Waals surface area contributed by atoms with Gasteiger partial charge in [0, 0.05) is 32.0 Å². The first-order chi connectivity index (χ1) is 10.1. The Kier molecular flexibility index (Phi) is 5.50. The molecule has 2 N–H and O–H groups in total. The van der Waals surface area contributed by atoms with Crippen LogP contribution in [0.15, 0.2) is 12.3 Å². The van der Waals surface area contributed by atoms with E-state index in [4.69, 9.17) is 4.74 Å². The molecule has 0 spiro atoms. The number of hydrogen-bond donors (Lipinski definition) is 2. The number of nitrogens with one attached hydrogen (secondary N) is 2. The largest absolute Gasteiger partial charge is 0.381 e. The van der Waals surface area contributed by atoms with Crippen molar-refractivity contribution in [3.8, 4) is 0 Å². The first-order valence-electron chi connectivity index (χ1n) is 7.40. The van der Waals surface area contributed by atoms with Crippen LogP contribution in [0.3, 0.4) is 0 Å². The maximum Gasteiger partial charge on any atom is 0.254 e. The Hall–Kier alpha value is -1.69. The number of carbonyl (C=O) groups excluding carboxylic acids is 1. The third-order valence-corrected chi connectivity index (χ3v) is 3.81. The van der Waals surface area contributed by atoms with E-state index in [1.54, 1.807) is 0 Å². The van der Waals surface area contributed by atoms with E-state index in [2.05, 4.69) is 15.6 Å². The normalized spacial score (nSPS) is 17.3. The predicted molar refractivity (Wildman–Crippen MR) is 78.8 cm³/mol. The second-order valence-electron chi connectivity index (χ2n) is 5.26. The molecule has 1 amide bonds. The highest BCUT2D eigenvalue weighted by Crippen LogP contribution is 2.20. The van der Waals surface area contributed by atoms with Crippen LogP contribution in [-0.4, -0.2) is 36.7 Å². The molecule has 1 aliphatic heterocycles. The van der Waals surface area contributed by atoms with Crippen molar-refractivity contribution >= 4 is 11.7 Å². The van der Waals surface area contributed by atoms with Crippen molar-refractivity contribution < 1.29 is 13.9 Å². The summed E-state index contributed by atoms with van der Waals surface area (Å²) < 4.78 is 19.5. The molecule has 116 valence electrons. The number of aromatic nitrogens is 1. The molecule has 0 aliphatic carbocycles. The Balaban J connectivity index is 2.04. The van der Waals surface area contributed by atoms with Gasteiger partial charge in [-0.3, -0.25) is 4.79 Å². The number of halogens is 1. The summed E-state index contributed by atoms with van der Waals surface area (Å²) in [5.41, 5.74) is 0.0276. The van der Waals surface area contributed by atoms with Gasteiger partial charge in [0.2, 0.25) is 0 Å². The fraction of sp³-hybridized carbons (Fsp3) is 0.600. The molecular formula is C15H22FN3O2. The molecule has 1 aliphatic rings. The van der Waals surface area contributed by atoms with Gasteiger partial charge in [0.1, 0.15) is 0 Å². The monoisotopic (exact) mass is 295 g/mol. The standard InChI is InChI=1S/C15H22FN3O2/c1-3-17-14-13(16)12(4-7-18-14)15(20)19-10(2)11-5-8-21-9-6-11/h4,7,10-11H,3,5-6,8-9H2,1-2H3,(H,17,18)(H,19,20). The summed E-state index contributed by atoms with van der Waals surface area (Å²) in [4.78, 5) is 16.1. The third-order valence-electron chi connectivity index (χ3n) is 3.81. The fourth-order valence-electron chi connectivity index (χ4n) is 2.53. The third kappa shape index (κ3) is 3.91. The lowest BCUT2D eigenvalue weighted by Crippen LogP contribution is -2.40. The molecule has 0 aromatic carbocycles. The summed E-state index contributed by atoms with van der Waals surface area (Å²) in [5, 5.41) is 5.69. The molecule has 1 unspecified atom stereocenters. The van der Waals surface area contributed by atoms with Crippen molar-refractivity contribution in [3.05, 3.63) is 23.6 Å². The first-order valence-corrected chi connectivity index (χ1v) is 7.40. The number of hydrogen-bond acceptors (Lipinski definition) is 4. The van der Waals surface area contributed by atoms with Crippen molar-refractivity contribution in [3.63, 3.8) is 0 Å². The second-order valence-corrected chi connectivity index (χ2v) is 5.26. The van der Waals surface area contributed by atoms with Crippen LogP contribution in [0.5, 0.6) is 0 Å². The van der Waals surface area contributed by atoms with Gasteiger partial charge in [0.15, 0.2) is 11.6 Å². The minimum Gasteiger partial charge on any atom is -0.381 e. The van der Waals surface area contributed by atoms with E-state index in [1.807, 2.05) is 13.8 Å². The maximum absolute atomic E-state index is 14.2. The minimum absolute atomic E-state index is 0.00319. The van der Waals surface area contributed by atoms with Crippen LogP contribution in [0.25, 0.3) is 0 Å². The highest BCUT2D eigenvalue weighted by Gasteiger charge is 2.24. The summed E-state index contributed by atoms with van der Waals surface area (Å²) in [5.74, 6) is -0.506. The van der Waals surface area contributed by atoms with Gasteiger partial charge in [-0.25, -0.2) is 9.37 Å². The predicted octanol–water partition coefficient (Wildman–Crippen LogP) is 2.20. The van der Waals surface area contributed by atoms with Gasteiger partial charge < -0.3 is 15.4 Å². The number of rotatable bonds is 5. The molecule has 6 heteroatoms. The van der Waals surface area contributed by atoms with Crippen molar-refractivity contribution in [1.82, 2.24) is 10.3 Å². The highest BCUT2D eigenvalue weighted by molar-refractivity contribution is 5.95. The number of pyridine rings is 1. The van der Waals surface area contributed by atoms with E-state index in [-0.39, 0.29) is 17.4 Å². The van der Waals surface area contributed by atoms with Gasteiger partial charge in [0.25, 0.3) is 5.91 Å². The van der Waals surface area contributed by atoms with Crippen molar-refractivity contribution in [2.24, 2.45) is 5.92 Å². The molecule has 1 fully saturated rings. The van der Waals surface area contributed by atoms with Crippen LogP contribution in [-0.2, 0) is 4.74 Å². The molecule has 0 radical (unpaired) electrons. The van der Waals surface area contributed by atoms with Crippen molar-refractivity contribution in [1.29, 1.82) is 0 Å². The van der Waals surface area contributed by atoms with E-state index >= 15 is 0 Å². The van der Waals surface area contributed by atoms with Crippen LogP contribution >= 0.6 is 0 Å². The van der Waals surface area contributed by atoms with E-state index < -0.39 is 11.7 Å². The van der Waals surface area contributed by atoms with E-state index in [1.165, 1.54) is 12.3 Å². The van der Waals surface area contributed by atoms with Crippen LogP contribution in [0.4, 0.5) is 10.2 Å². The smallest absolute Gasteiger partial charge is 0.254 e. The summed E-state index contributed by atoms with van der Waals surface area (Å²) >= 11 is 0. The zero-order valence-corrected chi connectivity index (χ0v) is 12.5. The SMILES string of the molecule is CCNc1nccc(C(=O)NC(C)C2CCOCC2)c1F. The molecule has 1 aromatic rings. The maximum atomic E-state index is 14.2. The second kappa shape index (κ2) is 7.36. The lowest BCUT2D eigenvalue weighted by atomic mass is 9.93. The van der Waals surface area contributed by atoms with Gasteiger partial charge in [0.05, 0.1) is 5.56 Å². The van der Waals surface area contributed by atoms with Crippen molar-refractivity contribution in [2.75, 3.05) is 25.1 Å². The summed E-state index contributed by atoms with van der Waals surface area (Å²) in [6.07, 6.45) is 3.28. The summed E-state index contributed by atoms with van der Waals surface area (Å²) in [6, 6.07) is 1.40. The van der Waals surface area contributed by atoms with Gasteiger partial charge in [-0.1, -0.05) is 0 Å². The van der Waals surface area contributed by atoms with Crippen molar-refractivity contribution in [2.45, 2.75) is 32.7 Å². The molecule has 1 saturated heterocycles. The molecular weight excluding hydrogens is 273 g/mol. The van der Waals surface area contributed by atoms with Crippen LogP contribution in [0.2, 0.25) is 0 Å². The molecule has 2 rings (SSSR count). The lowest BCUT2D eigenvalue weighted by molar-refractivity contribution is 0.0537. The number of amides is 1. The Morgan fingerprint density at radius 2 is 2.24 bits per heavy atom. The zero-order chi connectivity index (χ0) is 15.2. The topological polar surface area (TPSA) is 63.2 Å². The van der Waals surface area contributed by atoms with Gasteiger partial charge in [-0.15, -0.1) is 0 Å². The molecule has 1 aromatic heterocycles. The molecule has 0 saturated carbocycles. The number of carbonyl (C=O) groups is 1. The van der Waals surface area contributed by atoms with Crippen LogP contribution in [0.1, 0.15) is 37.0 Å². The highest BCUT2D eigenvalue weighted by atomic mass is 19.1. The van der Waals surface area contributed by atoms with Gasteiger partial charge >= 0.3 is 0 Å². The zero-order valence-electron chi connectivity index (χ0n) is 12.5. The lowest BCUT2D eigenvalue weighted by Gasteiger charge is -2.28. The molecule has 5 nitrogen and oxygen atoms in total. The van der Waals surface area contributed by atoms with Crippen LogP contribution in [0, 0.1) is 11.7 Å². The molecule has 1 atom stereocenters. The average Bonchev–Trinajstić information content (AvgIpc) is 2.50. The van der Waals surface area contributed by atoms with E-state index in [9.17, 15) is 9.18 Å². The van der Waals surface area contributed by atoms with Gasteiger partial charge in [-0.2, -0.15) is 0 Å². The average molecular weight is 295 g/mol. The van der Waals surface area contributed by atoms with E-state index in [0.29, 0.717) is 12.5 Å². The quantitative estimate of drug-likeness (QED) is 0.874. The summed E-state index contributed by atoms with van der Waals surface area (Å²) in [6.45, 7) is 5.80. The first kappa shape index (κ1) is 15.7. The van der Waals surface area contributed by atoms with Gasteiger partial charge in [-0.05, 0) is 38.7 Å². The number of nitrogens with zero attached hydrogens (tertiary/aromatic N) is 1. The Bertz CT molecular complexity index is 490. The van der Waals surface area contributed by atoms with Crippen LogP contribution < -0.4 is 10.6 Å². The number of ether oxygens (including phenoxy) is 1. The molecule has 0 bridgehead atoms. The Labute approximate surface area is 124 Å².